The van der Waals surface area contributed by atoms with Gasteiger partial charge in [0.1, 0.15) is 27.5 Å². The summed E-state index contributed by atoms with van der Waals surface area (Å²) in [4.78, 5) is 24.8. The number of hydrogen-bond acceptors (Lipinski definition) is 8. The molecule has 0 amide bonds. The number of carbonyl (C=O) groups is 1. The quantitative estimate of drug-likeness (QED) is 0.622. The van der Waals surface area contributed by atoms with Gasteiger partial charge >= 0.3 is 5.97 Å². The number of morpholine rings is 1. The Hall–Kier alpha value is -2.52. The van der Waals surface area contributed by atoms with Crippen LogP contribution in [-0.2, 0) is 22.1 Å². The third-order valence-corrected chi connectivity index (χ3v) is 6.24. The minimum atomic E-state index is -0.488. The highest BCUT2D eigenvalue weighted by molar-refractivity contribution is 7.20. The van der Waals surface area contributed by atoms with Gasteiger partial charge in [-0.15, -0.1) is 11.3 Å². The number of ether oxygens (including phenoxy) is 2. The van der Waals surface area contributed by atoms with Crippen LogP contribution in [0.15, 0.2) is 18.7 Å². The molecule has 0 aromatic carbocycles. The van der Waals surface area contributed by atoms with Crippen LogP contribution in [0, 0.1) is 6.92 Å². The van der Waals surface area contributed by atoms with Gasteiger partial charge in [0.15, 0.2) is 0 Å². The molecule has 1 aliphatic rings. The summed E-state index contributed by atoms with van der Waals surface area (Å²) in [5.74, 6) is 0.517. The molecule has 1 aliphatic heterocycles. The second-order valence-electron chi connectivity index (χ2n) is 7.06. The predicted molar refractivity (Wildman–Crippen MR) is 107 cm³/mol. The zero-order valence-corrected chi connectivity index (χ0v) is 17.2. The number of nitrogens with zero attached hydrogens (tertiary/aromatic N) is 5. The zero-order chi connectivity index (χ0) is 19.9. The Kier molecular flexibility index (Phi) is 4.80. The molecule has 148 valence electrons. The summed E-state index contributed by atoms with van der Waals surface area (Å²) in [6.07, 6.45) is 5.38. The molecule has 9 heteroatoms. The highest BCUT2D eigenvalue weighted by Gasteiger charge is 2.36. The lowest BCUT2D eigenvalue weighted by atomic mass is 9.96. The maximum absolute atomic E-state index is 12.3. The summed E-state index contributed by atoms with van der Waals surface area (Å²) in [6.45, 7) is 8.07. The van der Waals surface area contributed by atoms with Gasteiger partial charge in [-0.25, -0.2) is 14.8 Å². The van der Waals surface area contributed by atoms with Crippen molar-refractivity contribution in [3.8, 4) is 0 Å². The second kappa shape index (κ2) is 7.14. The van der Waals surface area contributed by atoms with Crippen molar-refractivity contribution in [1.82, 2.24) is 19.7 Å². The lowest BCUT2D eigenvalue weighted by molar-refractivity contribution is -0.0467. The molecule has 4 rings (SSSR count). The van der Waals surface area contributed by atoms with Gasteiger partial charge < -0.3 is 14.4 Å². The first kappa shape index (κ1) is 18.8. The van der Waals surface area contributed by atoms with Crippen LogP contribution in [0.25, 0.3) is 10.2 Å². The van der Waals surface area contributed by atoms with Gasteiger partial charge in [-0.2, -0.15) is 5.10 Å². The van der Waals surface area contributed by atoms with Gasteiger partial charge in [0.05, 0.1) is 31.3 Å². The number of carbonyl (C=O) groups excluding carboxylic acids is 1. The van der Waals surface area contributed by atoms with E-state index in [0.717, 1.165) is 27.2 Å². The number of thiophene rings is 1. The molecule has 0 aliphatic carbocycles. The van der Waals surface area contributed by atoms with Gasteiger partial charge in [-0.1, -0.05) is 0 Å². The van der Waals surface area contributed by atoms with Crippen molar-refractivity contribution in [3.63, 3.8) is 0 Å². The Balaban J connectivity index is 1.73. The maximum atomic E-state index is 12.3. The SMILES string of the molecule is CCOC(=O)c1sc2ncnc(N3CCOC(C)(c4cnn(C)c4)C3)c2c1C. The molecule has 0 bridgehead atoms. The van der Waals surface area contributed by atoms with Crippen molar-refractivity contribution >= 4 is 33.3 Å². The van der Waals surface area contributed by atoms with Crippen molar-refractivity contribution in [2.24, 2.45) is 7.05 Å². The maximum Gasteiger partial charge on any atom is 0.348 e. The van der Waals surface area contributed by atoms with Crippen LogP contribution in [-0.4, -0.2) is 52.0 Å². The first-order chi connectivity index (χ1) is 13.4. The van der Waals surface area contributed by atoms with E-state index < -0.39 is 5.60 Å². The lowest BCUT2D eigenvalue weighted by Crippen LogP contribution is -2.48. The molecule has 1 fully saturated rings. The molecule has 8 nitrogen and oxygen atoms in total. The average Bonchev–Trinajstić information content (AvgIpc) is 3.26. The zero-order valence-electron chi connectivity index (χ0n) is 16.4. The number of rotatable bonds is 4. The summed E-state index contributed by atoms with van der Waals surface area (Å²) < 4.78 is 13.1. The number of fused-ring (bicyclic) bond motifs is 1. The van der Waals surface area contributed by atoms with Crippen molar-refractivity contribution in [1.29, 1.82) is 0 Å². The van der Waals surface area contributed by atoms with Gasteiger partial charge in [0.25, 0.3) is 0 Å². The first-order valence-corrected chi connectivity index (χ1v) is 10.0. The molecular weight excluding hydrogens is 378 g/mol. The molecule has 0 saturated carbocycles. The van der Waals surface area contributed by atoms with Crippen LogP contribution in [0.2, 0.25) is 0 Å². The van der Waals surface area contributed by atoms with E-state index in [9.17, 15) is 4.79 Å². The Labute approximate surface area is 167 Å². The van der Waals surface area contributed by atoms with Crippen LogP contribution in [0.4, 0.5) is 5.82 Å². The fraction of sp³-hybridized carbons (Fsp3) is 0.474. The average molecular weight is 401 g/mol. The van der Waals surface area contributed by atoms with E-state index in [1.807, 2.05) is 26.4 Å². The Morgan fingerprint density at radius 3 is 2.96 bits per heavy atom. The van der Waals surface area contributed by atoms with Gasteiger partial charge in [-0.05, 0) is 26.3 Å². The molecule has 0 N–H and O–H groups in total. The summed E-state index contributed by atoms with van der Waals surface area (Å²) in [5.41, 5.74) is 1.40. The molecule has 1 unspecified atom stereocenters. The van der Waals surface area contributed by atoms with Crippen LogP contribution in [0.3, 0.4) is 0 Å². The van der Waals surface area contributed by atoms with Crippen molar-refractivity contribution in [2.45, 2.75) is 26.4 Å². The molecule has 28 heavy (non-hydrogen) atoms. The van der Waals surface area contributed by atoms with Gasteiger partial charge in [0, 0.05) is 25.4 Å². The standard InChI is InChI=1S/C19H23N5O3S/c1-5-26-18(25)15-12(2)14-16(20-11-21-17(14)28-15)24-6-7-27-19(3,10-24)13-8-22-23(4)9-13/h8-9,11H,5-7,10H2,1-4H3. The third kappa shape index (κ3) is 3.14. The normalized spacial score (nSPS) is 19.9. The fourth-order valence-electron chi connectivity index (χ4n) is 3.60. The van der Waals surface area contributed by atoms with Crippen molar-refractivity contribution in [2.75, 3.05) is 31.2 Å². The van der Waals surface area contributed by atoms with E-state index in [2.05, 4.69) is 26.9 Å². The Morgan fingerprint density at radius 2 is 2.25 bits per heavy atom. The number of aromatic nitrogens is 4. The summed E-state index contributed by atoms with van der Waals surface area (Å²) in [7, 11) is 1.90. The molecule has 3 aromatic rings. The summed E-state index contributed by atoms with van der Waals surface area (Å²) in [6, 6.07) is 0. The predicted octanol–water partition coefficient (Wildman–Crippen LogP) is 2.66. The number of anilines is 1. The van der Waals surface area contributed by atoms with E-state index >= 15 is 0 Å². The second-order valence-corrected chi connectivity index (χ2v) is 8.06. The largest absolute Gasteiger partial charge is 0.462 e. The molecule has 0 spiro atoms. The molecule has 0 radical (unpaired) electrons. The topological polar surface area (TPSA) is 82.4 Å². The van der Waals surface area contributed by atoms with E-state index in [0.29, 0.717) is 31.2 Å². The third-order valence-electron chi connectivity index (χ3n) is 5.06. The van der Waals surface area contributed by atoms with Crippen LogP contribution in [0.5, 0.6) is 0 Å². The first-order valence-electron chi connectivity index (χ1n) is 9.22. The lowest BCUT2D eigenvalue weighted by Gasteiger charge is -2.40. The van der Waals surface area contributed by atoms with E-state index in [1.54, 1.807) is 17.9 Å². The van der Waals surface area contributed by atoms with Crippen molar-refractivity contribution < 1.29 is 14.3 Å². The number of esters is 1. The molecule has 4 heterocycles. The molecule has 1 saturated heterocycles. The van der Waals surface area contributed by atoms with E-state index in [-0.39, 0.29) is 5.97 Å². The van der Waals surface area contributed by atoms with Crippen LogP contribution >= 0.6 is 11.3 Å². The summed E-state index contributed by atoms with van der Waals surface area (Å²) in [5, 5.41) is 5.19. The van der Waals surface area contributed by atoms with E-state index in [1.165, 1.54) is 11.3 Å². The highest BCUT2D eigenvalue weighted by Crippen LogP contribution is 2.38. The molecule has 3 aromatic heterocycles. The highest BCUT2D eigenvalue weighted by atomic mass is 32.1. The van der Waals surface area contributed by atoms with Gasteiger partial charge in [0.2, 0.25) is 0 Å². The van der Waals surface area contributed by atoms with E-state index in [4.69, 9.17) is 9.47 Å². The Morgan fingerprint density at radius 1 is 1.43 bits per heavy atom. The fourth-order valence-corrected chi connectivity index (χ4v) is 4.64. The number of hydrogen-bond donors (Lipinski definition) is 0. The molecule has 1 atom stereocenters. The summed E-state index contributed by atoms with van der Waals surface area (Å²) >= 11 is 1.35. The minimum absolute atomic E-state index is 0.309. The van der Waals surface area contributed by atoms with Gasteiger partial charge in [-0.3, -0.25) is 4.68 Å². The molecular formula is C19H23N5O3S. The smallest absolute Gasteiger partial charge is 0.348 e. The number of aryl methyl sites for hydroxylation is 2. The van der Waals surface area contributed by atoms with Crippen LogP contribution < -0.4 is 4.90 Å². The minimum Gasteiger partial charge on any atom is -0.462 e. The Bertz CT molecular complexity index is 1030. The monoisotopic (exact) mass is 401 g/mol. The van der Waals surface area contributed by atoms with Crippen molar-refractivity contribution in [3.05, 3.63) is 34.7 Å². The van der Waals surface area contributed by atoms with Crippen LogP contribution in [0.1, 0.15) is 34.6 Å².